The lowest BCUT2D eigenvalue weighted by atomic mass is 10.2. The van der Waals surface area contributed by atoms with E-state index >= 15 is 0 Å². The molecule has 2 heterocycles. The highest BCUT2D eigenvalue weighted by Crippen LogP contribution is 2.30. The van der Waals surface area contributed by atoms with Gasteiger partial charge in [-0.3, -0.25) is 14.1 Å². The van der Waals surface area contributed by atoms with Crippen LogP contribution < -0.4 is 15.0 Å². The lowest BCUT2D eigenvalue weighted by Gasteiger charge is -2.14. The van der Waals surface area contributed by atoms with E-state index in [4.69, 9.17) is 9.26 Å². The fraction of sp³-hybridized carbons (Fsp3) is 0.0556. The molecule has 4 rings (SSSR count). The predicted molar refractivity (Wildman–Crippen MR) is 108 cm³/mol. The summed E-state index contributed by atoms with van der Waals surface area (Å²) in [4.78, 5) is 17.1. The van der Waals surface area contributed by atoms with Crippen LogP contribution in [-0.4, -0.2) is 26.0 Å². The van der Waals surface area contributed by atoms with E-state index in [2.05, 4.69) is 30.8 Å². The molecule has 1 unspecified atom stereocenters. The van der Waals surface area contributed by atoms with Crippen molar-refractivity contribution in [3.05, 3.63) is 69.5 Å². The zero-order valence-electron chi connectivity index (χ0n) is 14.8. The van der Waals surface area contributed by atoms with E-state index < -0.39 is 22.4 Å². The molecule has 2 aromatic carbocycles. The monoisotopic (exact) mass is 478 g/mol. The quantitative estimate of drug-likeness (QED) is 0.471. The number of anilines is 1. The van der Waals surface area contributed by atoms with Crippen LogP contribution in [0, 0.1) is 5.82 Å². The van der Waals surface area contributed by atoms with Gasteiger partial charge in [0.2, 0.25) is 0 Å². The third kappa shape index (κ3) is 3.66. The third-order valence-corrected chi connectivity index (χ3v) is 5.72. The highest BCUT2D eigenvalue weighted by Gasteiger charge is 2.16. The van der Waals surface area contributed by atoms with Crippen LogP contribution in [-0.2, 0) is 11.0 Å². The first-order valence-electron chi connectivity index (χ1n) is 8.12. The number of methoxy groups -OCH3 is 1. The fourth-order valence-electron chi connectivity index (χ4n) is 2.74. The first-order chi connectivity index (χ1) is 14.0. The maximum absolute atomic E-state index is 14.2. The molecular formula is C18H12BrFN4O4S. The first kappa shape index (κ1) is 19.3. The Hall–Kier alpha value is -3.05. The van der Waals surface area contributed by atoms with Gasteiger partial charge in [-0.2, -0.15) is 0 Å². The summed E-state index contributed by atoms with van der Waals surface area (Å²) in [6.07, 6.45) is 2.46. The standard InChI is InChI=1S/C18H12BrFN4O4S/c1-27-16-7-11(19)12(20)8-15(16)24-14-3-2-10(6-13(14)21-9-18(24)25)29(26)23-17-4-5-28-22-17/h2-9H,1H3,(H,22,23). The molecule has 0 spiro atoms. The number of hydrogen-bond donors (Lipinski definition) is 1. The van der Waals surface area contributed by atoms with Crippen molar-refractivity contribution in [2.75, 3.05) is 11.8 Å². The van der Waals surface area contributed by atoms with Crippen molar-refractivity contribution < 1.29 is 17.9 Å². The summed E-state index contributed by atoms with van der Waals surface area (Å²) in [5.41, 5.74) is 0.551. The van der Waals surface area contributed by atoms with Crippen molar-refractivity contribution in [2.24, 2.45) is 0 Å². The molecule has 0 aliphatic rings. The van der Waals surface area contributed by atoms with E-state index in [1.807, 2.05) is 0 Å². The molecule has 1 N–H and O–H groups in total. The predicted octanol–water partition coefficient (Wildman–Crippen LogP) is 3.42. The van der Waals surface area contributed by atoms with Gasteiger partial charge in [-0.1, -0.05) is 5.16 Å². The van der Waals surface area contributed by atoms with Crippen molar-refractivity contribution in [1.29, 1.82) is 0 Å². The number of hydrogen-bond acceptors (Lipinski definition) is 6. The molecule has 4 aromatic rings. The van der Waals surface area contributed by atoms with Gasteiger partial charge in [-0.15, -0.1) is 0 Å². The number of benzene rings is 2. The van der Waals surface area contributed by atoms with E-state index in [0.717, 1.165) is 6.20 Å². The summed E-state index contributed by atoms with van der Waals surface area (Å²) in [6, 6.07) is 8.89. The molecule has 0 amide bonds. The molecule has 11 heteroatoms. The largest absolute Gasteiger partial charge is 0.495 e. The second kappa shape index (κ2) is 7.76. The van der Waals surface area contributed by atoms with Crippen LogP contribution in [0.25, 0.3) is 16.7 Å². The van der Waals surface area contributed by atoms with Crippen molar-refractivity contribution in [2.45, 2.75) is 4.90 Å². The Labute approximate surface area is 174 Å². The molecule has 1 atom stereocenters. The van der Waals surface area contributed by atoms with Gasteiger partial charge >= 0.3 is 0 Å². The average molecular weight is 479 g/mol. The van der Waals surface area contributed by atoms with Gasteiger partial charge in [-0.25, -0.2) is 13.6 Å². The van der Waals surface area contributed by atoms with E-state index in [0.29, 0.717) is 27.5 Å². The minimum atomic E-state index is -1.63. The van der Waals surface area contributed by atoms with Gasteiger partial charge in [0.15, 0.2) is 16.8 Å². The van der Waals surface area contributed by atoms with E-state index in [1.165, 1.54) is 36.1 Å². The fourth-order valence-corrected chi connectivity index (χ4v) is 3.88. The van der Waals surface area contributed by atoms with E-state index in [9.17, 15) is 13.4 Å². The highest BCUT2D eigenvalue weighted by molar-refractivity contribution is 9.10. The lowest BCUT2D eigenvalue weighted by molar-refractivity contribution is 0.411. The molecule has 148 valence electrons. The van der Waals surface area contributed by atoms with Crippen molar-refractivity contribution in [3.8, 4) is 11.4 Å². The molecule has 0 aliphatic carbocycles. The van der Waals surface area contributed by atoms with Crippen LogP contribution >= 0.6 is 15.9 Å². The Bertz CT molecular complexity index is 1290. The number of ether oxygens (including phenoxy) is 1. The van der Waals surface area contributed by atoms with E-state index in [1.54, 1.807) is 18.2 Å². The van der Waals surface area contributed by atoms with E-state index in [-0.39, 0.29) is 10.2 Å². The van der Waals surface area contributed by atoms with Crippen molar-refractivity contribution in [3.63, 3.8) is 0 Å². The van der Waals surface area contributed by atoms with Gasteiger partial charge in [0.05, 0.1) is 39.4 Å². The first-order valence-corrected chi connectivity index (χ1v) is 10.1. The number of nitrogens with one attached hydrogen (secondary N) is 1. The van der Waals surface area contributed by atoms with Gasteiger partial charge < -0.3 is 9.26 Å². The Kier molecular flexibility index (Phi) is 5.16. The summed E-state index contributed by atoms with van der Waals surface area (Å²) in [5.74, 6) is 0.0665. The Morgan fingerprint density at radius 1 is 1.28 bits per heavy atom. The average Bonchev–Trinajstić information content (AvgIpc) is 3.22. The normalized spacial score (nSPS) is 12.1. The lowest BCUT2D eigenvalue weighted by Crippen LogP contribution is -2.19. The van der Waals surface area contributed by atoms with Gasteiger partial charge in [-0.05, 0) is 40.2 Å². The van der Waals surface area contributed by atoms with Gasteiger partial charge in [0, 0.05) is 12.1 Å². The third-order valence-electron chi connectivity index (χ3n) is 4.03. The Balaban J connectivity index is 1.84. The second-order valence-electron chi connectivity index (χ2n) is 5.78. The van der Waals surface area contributed by atoms with Crippen molar-refractivity contribution in [1.82, 2.24) is 14.7 Å². The van der Waals surface area contributed by atoms with Crippen LogP contribution in [0.3, 0.4) is 0 Å². The topological polar surface area (TPSA) is 99.2 Å². The maximum atomic E-state index is 14.2. The van der Waals surface area contributed by atoms with Crippen LogP contribution in [0.15, 0.2) is 67.5 Å². The smallest absolute Gasteiger partial charge is 0.274 e. The van der Waals surface area contributed by atoms with Crippen LogP contribution in [0.5, 0.6) is 5.75 Å². The van der Waals surface area contributed by atoms with Crippen LogP contribution in [0.1, 0.15) is 0 Å². The highest BCUT2D eigenvalue weighted by atomic mass is 79.9. The van der Waals surface area contributed by atoms with Crippen molar-refractivity contribution >= 4 is 43.8 Å². The van der Waals surface area contributed by atoms with Crippen LogP contribution in [0.4, 0.5) is 10.2 Å². The summed E-state index contributed by atoms with van der Waals surface area (Å²) < 4.78 is 40.9. The number of halogens is 2. The number of fused-ring (bicyclic) bond motifs is 1. The number of aromatic nitrogens is 3. The second-order valence-corrected chi connectivity index (χ2v) is 7.84. The molecule has 0 aliphatic heterocycles. The van der Waals surface area contributed by atoms with Gasteiger partial charge in [0.25, 0.3) is 5.56 Å². The Morgan fingerprint density at radius 2 is 2.10 bits per heavy atom. The zero-order chi connectivity index (χ0) is 20.5. The molecule has 8 nitrogen and oxygen atoms in total. The number of nitrogens with zero attached hydrogens (tertiary/aromatic N) is 3. The molecule has 0 saturated carbocycles. The molecule has 0 bridgehead atoms. The maximum Gasteiger partial charge on any atom is 0.274 e. The molecule has 2 aromatic heterocycles. The minimum absolute atomic E-state index is 0.209. The summed E-state index contributed by atoms with van der Waals surface area (Å²) in [6.45, 7) is 0. The molecular weight excluding hydrogens is 467 g/mol. The van der Waals surface area contributed by atoms with Crippen LogP contribution in [0.2, 0.25) is 0 Å². The molecule has 0 radical (unpaired) electrons. The Morgan fingerprint density at radius 3 is 2.83 bits per heavy atom. The molecule has 0 fully saturated rings. The summed E-state index contributed by atoms with van der Waals surface area (Å²) in [7, 11) is -0.204. The summed E-state index contributed by atoms with van der Waals surface area (Å²) >= 11 is 3.10. The zero-order valence-corrected chi connectivity index (χ0v) is 17.2. The molecule has 0 saturated heterocycles. The van der Waals surface area contributed by atoms with Gasteiger partial charge in [0.1, 0.15) is 17.8 Å². The molecule has 29 heavy (non-hydrogen) atoms. The summed E-state index contributed by atoms with van der Waals surface area (Å²) in [5, 5.41) is 3.65. The SMILES string of the molecule is COc1cc(Br)c(F)cc1-n1c(=O)cnc2cc(S(=O)Nc3ccon3)ccc21. The minimum Gasteiger partial charge on any atom is -0.495 e. The number of rotatable bonds is 5.